The van der Waals surface area contributed by atoms with E-state index < -0.39 is 0 Å². The highest BCUT2D eigenvalue weighted by Crippen LogP contribution is 2.12. The second kappa shape index (κ2) is 6.46. The fraction of sp³-hybridized carbons (Fsp3) is 0.333. The predicted molar refractivity (Wildman–Crippen MR) is 62.9 cm³/mol. The first-order chi connectivity index (χ1) is 7.77. The lowest BCUT2D eigenvalue weighted by Crippen LogP contribution is -2.24. The van der Waals surface area contributed by atoms with Crippen LogP contribution < -0.4 is 10.6 Å². The van der Waals surface area contributed by atoms with Crippen LogP contribution in [-0.2, 0) is 4.79 Å². The van der Waals surface area contributed by atoms with E-state index in [9.17, 15) is 4.79 Å². The van der Waals surface area contributed by atoms with E-state index in [0.717, 1.165) is 5.69 Å². The SMILES string of the molecule is CCNC(=O)CCNc1ccccc1C#N. The molecule has 4 nitrogen and oxygen atoms in total. The molecule has 1 aromatic rings. The van der Waals surface area contributed by atoms with Crippen molar-refractivity contribution in [3.8, 4) is 6.07 Å². The Morgan fingerprint density at radius 3 is 2.88 bits per heavy atom. The van der Waals surface area contributed by atoms with Gasteiger partial charge in [-0.1, -0.05) is 12.1 Å². The zero-order valence-corrected chi connectivity index (χ0v) is 9.29. The van der Waals surface area contributed by atoms with Crippen molar-refractivity contribution in [2.24, 2.45) is 0 Å². The van der Waals surface area contributed by atoms with Gasteiger partial charge >= 0.3 is 0 Å². The summed E-state index contributed by atoms with van der Waals surface area (Å²) in [6.07, 6.45) is 0.410. The van der Waals surface area contributed by atoms with E-state index in [1.54, 1.807) is 6.07 Å². The van der Waals surface area contributed by atoms with Gasteiger partial charge < -0.3 is 10.6 Å². The number of hydrogen-bond acceptors (Lipinski definition) is 3. The fourth-order valence-electron chi connectivity index (χ4n) is 1.33. The second-order valence-corrected chi connectivity index (χ2v) is 3.29. The molecule has 2 N–H and O–H groups in total. The first-order valence-corrected chi connectivity index (χ1v) is 5.27. The lowest BCUT2D eigenvalue weighted by Gasteiger charge is -2.07. The molecule has 0 heterocycles. The number of rotatable bonds is 5. The molecule has 0 aliphatic rings. The molecule has 16 heavy (non-hydrogen) atoms. The summed E-state index contributed by atoms with van der Waals surface area (Å²) in [5.41, 5.74) is 1.37. The first kappa shape index (κ1) is 12.1. The van der Waals surface area contributed by atoms with Crippen LogP contribution in [0.1, 0.15) is 18.9 Å². The summed E-state index contributed by atoms with van der Waals surface area (Å²) in [7, 11) is 0. The van der Waals surface area contributed by atoms with Crippen molar-refractivity contribution in [2.75, 3.05) is 18.4 Å². The van der Waals surface area contributed by atoms with Gasteiger partial charge in [-0.25, -0.2) is 0 Å². The number of amides is 1. The number of nitrogens with one attached hydrogen (secondary N) is 2. The zero-order chi connectivity index (χ0) is 11.8. The third-order valence-corrected chi connectivity index (χ3v) is 2.09. The molecule has 0 saturated heterocycles. The van der Waals surface area contributed by atoms with Crippen molar-refractivity contribution in [1.29, 1.82) is 5.26 Å². The summed E-state index contributed by atoms with van der Waals surface area (Å²) in [5, 5.41) is 14.6. The number of nitrogens with zero attached hydrogens (tertiary/aromatic N) is 1. The van der Waals surface area contributed by atoms with Crippen LogP contribution in [0.2, 0.25) is 0 Å². The van der Waals surface area contributed by atoms with E-state index in [4.69, 9.17) is 5.26 Å². The minimum atomic E-state index is 0.0180. The van der Waals surface area contributed by atoms with Gasteiger partial charge in [0.2, 0.25) is 5.91 Å². The molecular formula is C12H15N3O. The predicted octanol–water partition coefficient (Wildman–Crippen LogP) is 1.50. The van der Waals surface area contributed by atoms with E-state index in [0.29, 0.717) is 25.1 Å². The minimum absolute atomic E-state index is 0.0180. The van der Waals surface area contributed by atoms with Gasteiger partial charge in [0.15, 0.2) is 0 Å². The van der Waals surface area contributed by atoms with E-state index >= 15 is 0 Å². The Morgan fingerprint density at radius 2 is 2.19 bits per heavy atom. The average molecular weight is 217 g/mol. The lowest BCUT2D eigenvalue weighted by molar-refractivity contribution is -0.120. The number of anilines is 1. The number of carbonyl (C=O) groups is 1. The van der Waals surface area contributed by atoms with Crippen molar-refractivity contribution in [3.05, 3.63) is 29.8 Å². The summed E-state index contributed by atoms with van der Waals surface area (Å²) in [6.45, 7) is 3.06. The van der Waals surface area contributed by atoms with Gasteiger partial charge in [-0.05, 0) is 19.1 Å². The third-order valence-electron chi connectivity index (χ3n) is 2.09. The van der Waals surface area contributed by atoms with Crippen LogP contribution in [0.25, 0.3) is 0 Å². The van der Waals surface area contributed by atoms with Crippen molar-refractivity contribution in [3.63, 3.8) is 0 Å². The molecule has 0 spiro atoms. The summed E-state index contributed by atoms with van der Waals surface area (Å²) >= 11 is 0. The Bertz CT molecular complexity index is 395. The highest BCUT2D eigenvalue weighted by Gasteiger charge is 2.01. The molecule has 0 unspecified atom stereocenters. The van der Waals surface area contributed by atoms with Gasteiger partial charge in [-0.2, -0.15) is 5.26 Å². The van der Waals surface area contributed by atoms with Gasteiger partial charge in [0.05, 0.1) is 11.3 Å². The molecule has 84 valence electrons. The van der Waals surface area contributed by atoms with Crippen LogP contribution >= 0.6 is 0 Å². The molecule has 1 amide bonds. The van der Waals surface area contributed by atoms with Crippen molar-refractivity contribution < 1.29 is 4.79 Å². The number of benzene rings is 1. The van der Waals surface area contributed by atoms with E-state index in [1.807, 2.05) is 25.1 Å². The molecule has 0 aliphatic carbocycles. The molecule has 4 heteroatoms. The average Bonchev–Trinajstić information content (AvgIpc) is 2.30. The summed E-state index contributed by atoms with van der Waals surface area (Å²) in [5.74, 6) is 0.0180. The summed E-state index contributed by atoms with van der Waals surface area (Å²) in [6, 6.07) is 9.34. The van der Waals surface area contributed by atoms with Crippen LogP contribution in [-0.4, -0.2) is 19.0 Å². The van der Waals surface area contributed by atoms with Crippen LogP contribution in [0.15, 0.2) is 24.3 Å². The first-order valence-electron chi connectivity index (χ1n) is 5.27. The normalized spacial score (nSPS) is 9.25. The molecule has 0 aromatic heterocycles. The maximum absolute atomic E-state index is 11.2. The number of nitriles is 1. The van der Waals surface area contributed by atoms with Crippen LogP contribution in [0.4, 0.5) is 5.69 Å². The quantitative estimate of drug-likeness (QED) is 0.785. The largest absolute Gasteiger partial charge is 0.383 e. The topological polar surface area (TPSA) is 64.9 Å². The van der Waals surface area contributed by atoms with E-state index in [1.165, 1.54) is 0 Å². The minimum Gasteiger partial charge on any atom is -0.383 e. The highest BCUT2D eigenvalue weighted by molar-refractivity contribution is 5.76. The maximum Gasteiger partial charge on any atom is 0.221 e. The molecule has 0 radical (unpaired) electrons. The molecule has 0 aliphatic heterocycles. The molecular weight excluding hydrogens is 202 g/mol. The van der Waals surface area contributed by atoms with E-state index in [2.05, 4.69) is 16.7 Å². The fourth-order valence-corrected chi connectivity index (χ4v) is 1.33. The Hall–Kier alpha value is -2.02. The molecule has 0 saturated carbocycles. The lowest BCUT2D eigenvalue weighted by atomic mass is 10.2. The third kappa shape index (κ3) is 3.62. The Labute approximate surface area is 95.3 Å². The summed E-state index contributed by atoms with van der Waals surface area (Å²) < 4.78 is 0. The Morgan fingerprint density at radius 1 is 1.44 bits per heavy atom. The number of carbonyl (C=O) groups excluding carboxylic acids is 1. The van der Waals surface area contributed by atoms with Gasteiger partial charge in [0, 0.05) is 19.5 Å². The number of hydrogen-bond donors (Lipinski definition) is 2. The van der Waals surface area contributed by atoms with Gasteiger partial charge in [0.25, 0.3) is 0 Å². The van der Waals surface area contributed by atoms with Crippen LogP contribution in [0.5, 0.6) is 0 Å². The van der Waals surface area contributed by atoms with Gasteiger partial charge in [-0.3, -0.25) is 4.79 Å². The summed E-state index contributed by atoms with van der Waals surface area (Å²) in [4.78, 5) is 11.2. The maximum atomic E-state index is 11.2. The van der Waals surface area contributed by atoms with Crippen molar-refractivity contribution in [2.45, 2.75) is 13.3 Å². The zero-order valence-electron chi connectivity index (χ0n) is 9.29. The van der Waals surface area contributed by atoms with Crippen LogP contribution in [0, 0.1) is 11.3 Å². The van der Waals surface area contributed by atoms with Gasteiger partial charge in [0.1, 0.15) is 6.07 Å². The monoisotopic (exact) mass is 217 g/mol. The standard InChI is InChI=1S/C12H15N3O/c1-2-14-12(16)7-8-15-11-6-4-3-5-10(11)9-13/h3-6,15H,2,7-8H2,1H3,(H,14,16). The van der Waals surface area contributed by atoms with E-state index in [-0.39, 0.29) is 5.91 Å². The molecule has 0 bridgehead atoms. The van der Waals surface area contributed by atoms with Crippen molar-refractivity contribution >= 4 is 11.6 Å². The molecule has 0 fully saturated rings. The van der Waals surface area contributed by atoms with Crippen molar-refractivity contribution in [1.82, 2.24) is 5.32 Å². The van der Waals surface area contributed by atoms with Crippen LogP contribution in [0.3, 0.4) is 0 Å². The smallest absolute Gasteiger partial charge is 0.221 e. The second-order valence-electron chi connectivity index (χ2n) is 3.29. The Kier molecular flexibility index (Phi) is 4.87. The molecule has 1 aromatic carbocycles. The highest BCUT2D eigenvalue weighted by atomic mass is 16.1. The number of para-hydroxylation sites is 1. The molecule has 0 atom stereocenters. The van der Waals surface area contributed by atoms with Gasteiger partial charge in [-0.15, -0.1) is 0 Å². The Balaban J connectivity index is 2.43. The molecule has 1 rings (SSSR count).